The number of benzene rings is 1. The number of alkyl halides is 3. The smallest absolute Gasteiger partial charge is 0.310 e. The van der Waals surface area contributed by atoms with Gasteiger partial charge < -0.3 is 5.32 Å². The second kappa shape index (κ2) is 6.13. The Hall–Kier alpha value is -1.43. The van der Waals surface area contributed by atoms with Gasteiger partial charge in [-0.25, -0.2) is 4.39 Å². The summed E-state index contributed by atoms with van der Waals surface area (Å²) in [6.07, 6.45) is -3.47. The monoisotopic (exact) mass is 303 g/mol. The summed E-state index contributed by atoms with van der Waals surface area (Å²) in [7, 11) is 0. The van der Waals surface area contributed by atoms with E-state index in [-0.39, 0.29) is 23.7 Å². The van der Waals surface area contributed by atoms with Gasteiger partial charge in [-0.2, -0.15) is 13.2 Å². The van der Waals surface area contributed by atoms with E-state index in [1.165, 1.54) is 0 Å². The van der Waals surface area contributed by atoms with Crippen molar-refractivity contribution in [2.24, 2.45) is 5.92 Å². The number of ketones is 1. The molecule has 2 rings (SSSR count). The first kappa shape index (κ1) is 15.9. The Balaban J connectivity index is 2.35. The number of hydrogen-bond donors (Lipinski definition) is 1. The number of halogens is 4. The Morgan fingerprint density at radius 3 is 2.71 bits per heavy atom. The Morgan fingerprint density at radius 2 is 2.10 bits per heavy atom. The molecule has 1 N–H and O–H groups in total. The summed E-state index contributed by atoms with van der Waals surface area (Å²) in [5.41, 5.74) is -1.34. The molecule has 6 heteroatoms. The van der Waals surface area contributed by atoms with Crippen LogP contribution in [-0.4, -0.2) is 12.3 Å². The van der Waals surface area contributed by atoms with Crippen molar-refractivity contribution < 1.29 is 22.4 Å². The van der Waals surface area contributed by atoms with Crippen LogP contribution in [0.5, 0.6) is 0 Å². The molecule has 1 aliphatic rings. The fourth-order valence-electron chi connectivity index (χ4n) is 2.86. The minimum atomic E-state index is -4.61. The van der Waals surface area contributed by atoms with E-state index in [9.17, 15) is 22.4 Å². The molecule has 1 aliphatic heterocycles. The lowest BCUT2D eigenvalue weighted by Gasteiger charge is -2.31. The fraction of sp³-hybridized carbons (Fsp3) is 0.533. The van der Waals surface area contributed by atoms with Crippen LogP contribution in [0.25, 0.3) is 0 Å². The molecule has 1 heterocycles. The Labute approximate surface area is 120 Å². The Kier molecular flexibility index (Phi) is 4.66. The highest BCUT2D eigenvalue weighted by atomic mass is 19.4. The molecule has 21 heavy (non-hydrogen) atoms. The maximum atomic E-state index is 14.0. The number of rotatable bonds is 3. The van der Waals surface area contributed by atoms with Gasteiger partial charge in [-0.15, -0.1) is 0 Å². The minimum Gasteiger partial charge on any atom is -0.310 e. The molecule has 1 aromatic carbocycles. The van der Waals surface area contributed by atoms with Gasteiger partial charge in [-0.05, 0) is 31.5 Å². The lowest BCUT2D eigenvalue weighted by atomic mass is 9.83. The zero-order chi connectivity index (χ0) is 15.6. The van der Waals surface area contributed by atoms with Crippen molar-refractivity contribution in [1.29, 1.82) is 0 Å². The van der Waals surface area contributed by atoms with Crippen LogP contribution >= 0.6 is 0 Å². The number of carbonyl (C=O) groups excluding carboxylic acids is 1. The molecule has 2 unspecified atom stereocenters. The van der Waals surface area contributed by atoms with E-state index in [0.29, 0.717) is 19.4 Å². The molecule has 2 atom stereocenters. The van der Waals surface area contributed by atoms with E-state index in [1.54, 1.807) is 6.92 Å². The number of piperidine rings is 1. The average molecular weight is 303 g/mol. The molecule has 116 valence electrons. The summed E-state index contributed by atoms with van der Waals surface area (Å²) in [5.74, 6) is -1.17. The molecular weight excluding hydrogens is 286 g/mol. The predicted molar refractivity (Wildman–Crippen MR) is 70.2 cm³/mol. The molecule has 1 aromatic rings. The van der Waals surface area contributed by atoms with Crippen LogP contribution in [0.4, 0.5) is 17.6 Å². The Bertz CT molecular complexity index is 527. The number of nitrogens with one attached hydrogen (secondary N) is 1. The van der Waals surface area contributed by atoms with Crippen molar-refractivity contribution in [1.82, 2.24) is 5.32 Å². The normalized spacial score (nSPS) is 23.1. The van der Waals surface area contributed by atoms with Gasteiger partial charge >= 0.3 is 6.18 Å². The quantitative estimate of drug-likeness (QED) is 0.859. The maximum Gasteiger partial charge on any atom is 0.416 e. The molecule has 2 nitrogen and oxygen atoms in total. The molecule has 0 radical (unpaired) electrons. The van der Waals surface area contributed by atoms with Gasteiger partial charge in [-0.3, -0.25) is 4.79 Å². The first-order chi connectivity index (χ1) is 9.84. The van der Waals surface area contributed by atoms with Gasteiger partial charge in [0.2, 0.25) is 0 Å². The van der Waals surface area contributed by atoms with Crippen LogP contribution in [0.2, 0.25) is 0 Å². The van der Waals surface area contributed by atoms with Crippen LogP contribution in [0.1, 0.15) is 43.4 Å². The van der Waals surface area contributed by atoms with Gasteiger partial charge in [0.1, 0.15) is 11.6 Å². The van der Waals surface area contributed by atoms with Crippen LogP contribution < -0.4 is 5.32 Å². The van der Waals surface area contributed by atoms with E-state index in [1.807, 2.05) is 0 Å². The van der Waals surface area contributed by atoms with Crippen LogP contribution in [0.15, 0.2) is 18.2 Å². The van der Waals surface area contributed by atoms with Crippen molar-refractivity contribution in [2.45, 2.75) is 38.4 Å². The van der Waals surface area contributed by atoms with Crippen molar-refractivity contribution in [3.8, 4) is 0 Å². The van der Waals surface area contributed by atoms with Crippen molar-refractivity contribution in [2.75, 3.05) is 6.54 Å². The maximum absolute atomic E-state index is 14.0. The second-order valence-corrected chi connectivity index (χ2v) is 5.25. The standard InChI is InChI=1S/C15H17F4NO/c1-2-13(21)9-6-7-20-12(8-9)14-10(15(17,18)19)4-3-5-11(14)16/h3-5,9,12,20H,2,6-8H2,1H3. The summed E-state index contributed by atoms with van der Waals surface area (Å²) in [6, 6.07) is 2.18. The second-order valence-electron chi connectivity index (χ2n) is 5.25. The van der Waals surface area contributed by atoms with E-state index in [0.717, 1.165) is 18.2 Å². The third kappa shape index (κ3) is 3.43. The first-order valence-electron chi connectivity index (χ1n) is 6.96. The van der Waals surface area contributed by atoms with Crippen LogP contribution in [0, 0.1) is 11.7 Å². The Morgan fingerprint density at radius 1 is 1.38 bits per heavy atom. The van der Waals surface area contributed by atoms with Crippen molar-refractivity contribution >= 4 is 5.78 Å². The van der Waals surface area contributed by atoms with E-state index in [4.69, 9.17) is 0 Å². The highest BCUT2D eigenvalue weighted by Crippen LogP contribution is 2.39. The SMILES string of the molecule is CCC(=O)C1CCNC(c2c(F)cccc2C(F)(F)F)C1. The van der Waals surface area contributed by atoms with Crippen molar-refractivity contribution in [3.05, 3.63) is 35.1 Å². The molecule has 0 saturated carbocycles. The molecule has 0 aliphatic carbocycles. The number of Topliss-reactive ketones (excluding diaryl/α,β-unsaturated/α-hetero) is 1. The lowest BCUT2D eigenvalue weighted by molar-refractivity contribution is -0.138. The van der Waals surface area contributed by atoms with Crippen LogP contribution in [-0.2, 0) is 11.0 Å². The largest absolute Gasteiger partial charge is 0.416 e. The van der Waals surface area contributed by atoms with E-state index < -0.39 is 23.6 Å². The lowest BCUT2D eigenvalue weighted by Crippen LogP contribution is -2.36. The van der Waals surface area contributed by atoms with Gasteiger partial charge in [0.05, 0.1) is 5.56 Å². The number of hydrogen-bond acceptors (Lipinski definition) is 2. The number of carbonyl (C=O) groups is 1. The topological polar surface area (TPSA) is 29.1 Å². The highest BCUT2D eigenvalue weighted by molar-refractivity contribution is 5.80. The zero-order valence-electron chi connectivity index (χ0n) is 11.6. The van der Waals surface area contributed by atoms with Gasteiger partial charge in [-0.1, -0.05) is 13.0 Å². The molecule has 0 bridgehead atoms. The molecule has 1 fully saturated rings. The molecule has 1 saturated heterocycles. The molecule has 0 aromatic heterocycles. The predicted octanol–water partition coefficient (Wildman–Crippen LogP) is 3.86. The summed E-state index contributed by atoms with van der Waals surface area (Å²) in [5, 5.41) is 2.91. The summed E-state index contributed by atoms with van der Waals surface area (Å²) in [4.78, 5) is 11.8. The summed E-state index contributed by atoms with van der Waals surface area (Å²) in [6.45, 7) is 2.14. The summed E-state index contributed by atoms with van der Waals surface area (Å²) < 4.78 is 53.1. The van der Waals surface area contributed by atoms with Gasteiger partial charge in [0, 0.05) is 23.9 Å². The van der Waals surface area contributed by atoms with E-state index >= 15 is 0 Å². The first-order valence-corrected chi connectivity index (χ1v) is 6.96. The van der Waals surface area contributed by atoms with Crippen molar-refractivity contribution in [3.63, 3.8) is 0 Å². The molecule has 0 spiro atoms. The third-order valence-corrected chi connectivity index (χ3v) is 3.91. The van der Waals surface area contributed by atoms with Gasteiger partial charge in [0.15, 0.2) is 0 Å². The molecular formula is C15H17F4NO. The van der Waals surface area contributed by atoms with Crippen LogP contribution in [0.3, 0.4) is 0 Å². The minimum absolute atomic E-state index is 0.0198. The average Bonchev–Trinajstić information content (AvgIpc) is 2.45. The zero-order valence-corrected chi connectivity index (χ0v) is 11.6. The highest BCUT2D eigenvalue weighted by Gasteiger charge is 2.38. The summed E-state index contributed by atoms with van der Waals surface area (Å²) >= 11 is 0. The fourth-order valence-corrected chi connectivity index (χ4v) is 2.86. The van der Waals surface area contributed by atoms with E-state index in [2.05, 4.69) is 5.32 Å². The third-order valence-electron chi connectivity index (χ3n) is 3.91. The van der Waals surface area contributed by atoms with Gasteiger partial charge in [0.25, 0.3) is 0 Å². The molecule has 0 amide bonds.